The van der Waals surface area contributed by atoms with Crippen LogP contribution >= 0.6 is 0 Å². The molecule has 0 amide bonds. The summed E-state index contributed by atoms with van der Waals surface area (Å²) in [5.74, 6) is 1.33. The first kappa shape index (κ1) is 13.8. The van der Waals surface area contributed by atoms with E-state index in [2.05, 4.69) is 6.08 Å². The molecule has 2 bridgehead atoms. The predicted molar refractivity (Wildman–Crippen MR) is 80.3 cm³/mol. The molecule has 6 heteroatoms. The first-order chi connectivity index (χ1) is 11.1. The standard InChI is InChI=1S/C17H19NO5/c1-21-9-2-3-17-11-6-13-12(22-8-23-13)5-10(11)16(20)18(7-15(17)19)14(17)4-9/h2-3,5-6,9,14-16,19-20H,4,7-8H2,1H3/t9-,14-,15-,16+,17-/m0/s1. The van der Waals surface area contributed by atoms with E-state index < -0.39 is 17.7 Å². The van der Waals surface area contributed by atoms with E-state index in [-0.39, 0.29) is 18.9 Å². The maximum Gasteiger partial charge on any atom is 0.231 e. The van der Waals surface area contributed by atoms with Gasteiger partial charge in [0.1, 0.15) is 6.23 Å². The number of hydrogen-bond donors (Lipinski definition) is 2. The first-order valence-electron chi connectivity index (χ1n) is 7.93. The first-order valence-corrected chi connectivity index (χ1v) is 7.93. The minimum atomic E-state index is -0.751. The molecule has 5 rings (SSSR count). The third-order valence-corrected chi connectivity index (χ3v) is 5.84. The van der Waals surface area contributed by atoms with Crippen LogP contribution in [-0.4, -0.2) is 53.8 Å². The summed E-state index contributed by atoms with van der Waals surface area (Å²) in [7, 11) is 1.69. The predicted octanol–water partition coefficient (Wildman–Crippen LogP) is 0.678. The van der Waals surface area contributed by atoms with Gasteiger partial charge in [0, 0.05) is 25.3 Å². The molecule has 122 valence electrons. The van der Waals surface area contributed by atoms with Gasteiger partial charge in [-0.15, -0.1) is 0 Å². The fourth-order valence-corrected chi connectivity index (χ4v) is 4.71. The molecule has 0 aromatic heterocycles. The Hall–Kier alpha value is -1.60. The van der Waals surface area contributed by atoms with E-state index >= 15 is 0 Å². The highest BCUT2D eigenvalue weighted by Crippen LogP contribution is 2.56. The Morgan fingerprint density at radius 3 is 2.83 bits per heavy atom. The number of ether oxygens (including phenoxy) is 3. The number of benzene rings is 1. The number of aliphatic hydroxyl groups excluding tert-OH is 2. The van der Waals surface area contributed by atoms with Crippen molar-refractivity contribution in [2.75, 3.05) is 20.4 Å². The lowest BCUT2D eigenvalue weighted by atomic mass is 9.65. The number of methoxy groups -OCH3 is 1. The molecule has 3 aliphatic heterocycles. The van der Waals surface area contributed by atoms with Crippen LogP contribution in [0.3, 0.4) is 0 Å². The lowest BCUT2D eigenvalue weighted by Crippen LogP contribution is -2.53. The van der Waals surface area contributed by atoms with Crippen molar-refractivity contribution in [1.82, 2.24) is 4.90 Å². The van der Waals surface area contributed by atoms with Gasteiger partial charge in [0.15, 0.2) is 11.5 Å². The average molecular weight is 317 g/mol. The number of aliphatic hydroxyl groups is 2. The molecule has 0 saturated carbocycles. The Bertz CT molecular complexity index is 704. The lowest BCUT2D eigenvalue weighted by molar-refractivity contribution is -0.0399. The number of fused-ring (bicyclic) bond motifs is 2. The van der Waals surface area contributed by atoms with Crippen molar-refractivity contribution in [2.45, 2.75) is 36.3 Å². The molecule has 1 saturated heterocycles. The third-order valence-electron chi connectivity index (χ3n) is 5.84. The van der Waals surface area contributed by atoms with Crippen molar-refractivity contribution in [1.29, 1.82) is 0 Å². The fraction of sp³-hybridized carbons (Fsp3) is 0.529. The summed E-state index contributed by atoms with van der Waals surface area (Å²) in [4.78, 5) is 1.98. The van der Waals surface area contributed by atoms with Gasteiger partial charge in [0.05, 0.1) is 17.6 Å². The SMILES string of the molecule is CO[C@H]1C=C[C@@]23c4cc5c(cc4[C@@H](O)N(C[C@@H]2O)[C@H]3C1)OCO5. The van der Waals surface area contributed by atoms with Gasteiger partial charge in [0.2, 0.25) is 6.79 Å². The van der Waals surface area contributed by atoms with Gasteiger partial charge in [-0.25, -0.2) is 0 Å². The van der Waals surface area contributed by atoms with Crippen molar-refractivity contribution in [2.24, 2.45) is 0 Å². The highest BCUT2D eigenvalue weighted by molar-refractivity contribution is 5.57. The molecule has 0 spiro atoms. The van der Waals surface area contributed by atoms with Crippen LogP contribution in [-0.2, 0) is 10.2 Å². The highest BCUT2D eigenvalue weighted by Gasteiger charge is 2.61. The molecule has 1 aliphatic carbocycles. The molecule has 1 unspecified atom stereocenters. The Morgan fingerprint density at radius 1 is 1.26 bits per heavy atom. The molecular weight excluding hydrogens is 298 g/mol. The van der Waals surface area contributed by atoms with Crippen LogP contribution in [0.25, 0.3) is 0 Å². The van der Waals surface area contributed by atoms with Crippen molar-refractivity contribution >= 4 is 0 Å². The molecular formula is C17H19NO5. The normalized spacial score (nSPS) is 42.5. The molecule has 4 aliphatic rings. The van der Waals surface area contributed by atoms with Gasteiger partial charge in [-0.1, -0.05) is 12.2 Å². The van der Waals surface area contributed by atoms with E-state index in [1.54, 1.807) is 7.11 Å². The number of hydrogen-bond acceptors (Lipinski definition) is 6. The number of rotatable bonds is 1. The van der Waals surface area contributed by atoms with Gasteiger partial charge >= 0.3 is 0 Å². The maximum atomic E-state index is 10.8. The molecule has 3 heterocycles. The van der Waals surface area contributed by atoms with Crippen LogP contribution in [0.4, 0.5) is 0 Å². The van der Waals surface area contributed by atoms with Crippen LogP contribution in [0, 0.1) is 0 Å². The lowest BCUT2D eigenvalue weighted by Gasteiger charge is -2.48. The minimum Gasteiger partial charge on any atom is -0.454 e. The van der Waals surface area contributed by atoms with Gasteiger partial charge in [0.25, 0.3) is 0 Å². The van der Waals surface area contributed by atoms with Crippen LogP contribution in [0.1, 0.15) is 23.8 Å². The third kappa shape index (κ3) is 1.57. The van der Waals surface area contributed by atoms with E-state index in [0.717, 1.165) is 17.5 Å². The zero-order valence-electron chi connectivity index (χ0n) is 12.8. The van der Waals surface area contributed by atoms with Crippen LogP contribution < -0.4 is 9.47 Å². The van der Waals surface area contributed by atoms with Gasteiger partial charge in [-0.05, 0) is 24.1 Å². The fourth-order valence-electron chi connectivity index (χ4n) is 4.71. The molecule has 1 fully saturated rings. The second kappa shape index (κ2) is 4.48. The summed E-state index contributed by atoms with van der Waals surface area (Å²) < 4.78 is 16.4. The Morgan fingerprint density at radius 2 is 2.04 bits per heavy atom. The van der Waals surface area contributed by atoms with E-state index in [9.17, 15) is 10.2 Å². The van der Waals surface area contributed by atoms with E-state index in [4.69, 9.17) is 14.2 Å². The zero-order chi connectivity index (χ0) is 15.8. The molecule has 6 nitrogen and oxygen atoms in total. The van der Waals surface area contributed by atoms with E-state index in [0.29, 0.717) is 18.0 Å². The van der Waals surface area contributed by atoms with Crippen LogP contribution in [0.2, 0.25) is 0 Å². The second-order valence-corrected chi connectivity index (χ2v) is 6.70. The highest BCUT2D eigenvalue weighted by atomic mass is 16.7. The Kier molecular flexibility index (Phi) is 2.69. The van der Waals surface area contributed by atoms with Crippen LogP contribution in [0.15, 0.2) is 24.3 Å². The monoisotopic (exact) mass is 317 g/mol. The van der Waals surface area contributed by atoms with Gasteiger partial charge in [-0.2, -0.15) is 0 Å². The van der Waals surface area contributed by atoms with Gasteiger partial charge in [-0.3, -0.25) is 4.90 Å². The van der Waals surface area contributed by atoms with Crippen molar-refractivity contribution in [3.05, 3.63) is 35.4 Å². The molecule has 1 aromatic carbocycles. The summed E-state index contributed by atoms with van der Waals surface area (Å²) in [6.07, 6.45) is 3.51. The average Bonchev–Trinajstić information content (AvgIpc) is 3.12. The molecule has 0 radical (unpaired) electrons. The maximum absolute atomic E-state index is 10.8. The quantitative estimate of drug-likeness (QED) is 0.742. The molecule has 6 atom stereocenters. The van der Waals surface area contributed by atoms with Crippen molar-refractivity contribution < 1.29 is 24.4 Å². The minimum absolute atomic E-state index is 0.00341. The summed E-state index contributed by atoms with van der Waals surface area (Å²) in [5.41, 5.74) is 1.21. The molecule has 23 heavy (non-hydrogen) atoms. The smallest absolute Gasteiger partial charge is 0.231 e. The largest absolute Gasteiger partial charge is 0.454 e. The molecule has 2 N–H and O–H groups in total. The van der Waals surface area contributed by atoms with Crippen LogP contribution in [0.5, 0.6) is 11.5 Å². The number of nitrogens with zero attached hydrogens (tertiary/aromatic N) is 1. The van der Waals surface area contributed by atoms with E-state index in [1.165, 1.54) is 0 Å². The van der Waals surface area contributed by atoms with E-state index in [1.807, 2.05) is 23.1 Å². The van der Waals surface area contributed by atoms with Gasteiger partial charge < -0.3 is 24.4 Å². The topological polar surface area (TPSA) is 71.4 Å². The van der Waals surface area contributed by atoms with Crippen molar-refractivity contribution in [3.63, 3.8) is 0 Å². The summed E-state index contributed by atoms with van der Waals surface area (Å²) >= 11 is 0. The van der Waals surface area contributed by atoms with Crippen molar-refractivity contribution in [3.8, 4) is 11.5 Å². The Balaban J connectivity index is 1.75. The second-order valence-electron chi connectivity index (χ2n) is 6.70. The molecule has 1 aromatic rings. The summed E-state index contributed by atoms with van der Waals surface area (Å²) in [5, 5.41) is 21.7. The zero-order valence-corrected chi connectivity index (χ0v) is 12.8. The Labute approximate surface area is 133 Å². The summed E-state index contributed by atoms with van der Waals surface area (Å²) in [6.45, 7) is 0.631. The summed E-state index contributed by atoms with van der Waals surface area (Å²) in [6, 6.07) is 3.79.